The lowest BCUT2D eigenvalue weighted by molar-refractivity contribution is -0.135. The summed E-state index contributed by atoms with van der Waals surface area (Å²) in [4.78, 5) is 24.1. The minimum absolute atomic E-state index is 0.0856. The Kier molecular flexibility index (Phi) is 6.24. The third kappa shape index (κ3) is 4.67. The van der Waals surface area contributed by atoms with Gasteiger partial charge in [-0.1, -0.05) is 29.8 Å². The highest BCUT2D eigenvalue weighted by Crippen LogP contribution is 2.27. The predicted molar refractivity (Wildman–Crippen MR) is 119 cm³/mol. The van der Waals surface area contributed by atoms with Gasteiger partial charge in [0.25, 0.3) is 0 Å². The van der Waals surface area contributed by atoms with Gasteiger partial charge in [-0.05, 0) is 49.4 Å². The first-order valence-electron chi connectivity index (χ1n) is 10.6. The molecule has 2 aliphatic heterocycles. The smallest absolute Gasteiger partial charge is 0.225 e. The number of hydrogen-bond acceptors (Lipinski definition) is 4. The van der Waals surface area contributed by atoms with Crippen LogP contribution in [0.1, 0.15) is 31.2 Å². The van der Waals surface area contributed by atoms with Crippen molar-refractivity contribution in [1.82, 2.24) is 9.88 Å². The molecule has 0 bridgehead atoms. The molecule has 29 heavy (non-hydrogen) atoms. The van der Waals surface area contributed by atoms with Crippen LogP contribution in [-0.2, 0) is 11.3 Å². The van der Waals surface area contributed by atoms with Gasteiger partial charge in [0.2, 0.25) is 5.91 Å². The predicted octanol–water partition coefficient (Wildman–Crippen LogP) is 4.21. The summed E-state index contributed by atoms with van der Waals surface area (Å²) in [5.74, 6) is 1.28. The molecule has 1 aromatic carbocycles. The second-order valence-corrected chi connectivity index (χ2v) is 8.55. The maximum absolute atomic E-state index is 13.1. The second kappa shape index (κ2) is 9.04. The highest BCUT2D eigenvalue weighted by Gasteiger charge is 2.28. The number of aromatic nitrogens is 1. The molecule has 2 saturated heterocycles. The van der Waals surface area contributed by atoms with Crippen molar-refractivity contribution in [2.24, 2.45) is 5.92 Å². The maximum atomic E-state index is 13.1. The first-order chi connectivity index (χ1) is 14.1. The van der Waals surface area contributed by atoms with Crippen LogP contribution in [0.5, 0.6) is 0 Å². The van der Waals surface area contributed by atoms with Gasteiger partial charge in [0.1, 0.15) is 5.82 Å². The summed E-state index contributed by atoms with van der Waals surface area (Å²) in [5, 5.41) is 0.648. The third-order valence-electron chi connectivity index (χ3n) is 6.10. The number of halogens is 1. The van der Waals surface area contributed by atoms with Gasteiger partial charge in [0, 0.05) is 57.6 Å². The van der Waals surface area contributed by atoms with Gasteiger partial charge in [-0.3, -0.25) is 4.79 Å². The zero-order valence-corrected chi connectivity index (χ0v) is 17.8. The molecule has 6 heteroatoms. The highest BCUT2D eigenvalue weighted by atomic mass is 35.5. The molecule has 1 aromatic heterocycles. The Morgan fingerprint density at radius 1 is 1.07 bits per heavy atom. The average Bonchev–Trinajstić information content (AvgIpc) is 3.29. The molecule has 0 N–H and O–H groups in total. The molecule has 4 rings (SSSR count). The normalized spacial score (nSPS) is 17.6. The summed E-state index contributed by atoms with van der Waals surface area (Å²) in [5.41, 5.74) is 2.53. The Morgan fingerprint density at radius 2 is 1.79 bits per heavy atom. The van der Waals surface area contributed by atoms with Crippen molar-refractivity contribution < 1.29 is 4.79 Å². The average molecular weight is 413 g/mol. The fourth-order valence-electron chi connectivity index (χ4n) is 4.47. The number of anilines is 2. The number of carbonyl (C=O) groups is 1. The molecule has 3 heterocycles. The van der Waals surface area contributed by atoms with Crippen LogP contribution in [-0.4, -0.2) is 49.0 Å². The van der Waals surface area contributed by atoms with Gasteiger partial charge in [0.05, 0.1) is 5.02 Å². The second-order valence-electron chi connectivity index (χ2n) is 8.11. The summed E-state index contributed by atoms with van der Waals surface area (Å²) in [6.45, 7) is 4.61. The van der Waals surface area contributed by atoms with Crippen LogP contribution < -0.4 is 9.80 Å². The number of carbonyl (C=O) groups excluding carboxylic acids is 1. The summed E-state index contributed by atoms with van der Waals surface area (Å²) in [6, 6.07) is 12.3. The third-order valence-corrected chi connectivity index (χ3v) is 6.33. The Labute approximate surface area is 178 Å². The molecule has 2 aromatic rings. The van der Waals surface area contributed by atoms with E-state index in [0.717, 1.165) is 44.8 Å². The van der Waals surface area contributed by atoms with Crippen molar-refractivity contribution in [2.75, 3.05) is 43.0 Å². The van der Waals surface area contributed by atoms with Crippen LogP contribution in [0.3, 0.4) is 0 Å². The Balaban J connectivity index is 1.35. The molecular formula is C23H29ClN4O. The Hall–Kier alpha value is -2.27. The molecule has 2 aliphatic rings. The van der Waals surface area contributed by atoms with E-state index in [9.17, 15) is 4.79 Å². The van der Waals surface area contributed by atoms with Gasteiger partial charge >= 0.3 is 0 Å². The lowest BCUT2D eigenvalue weighted by Gasteiger charge is -2.34. The van der Waals surface area contributed by atoms with Crippen LogP contribution in [0.15, 0.2) is 42.6 Å². The number of amides is 1. The topological polar surface area (TPSA) is 39.7 Å². The molecule has 0 radical (unpaired) electrons. The van der Waals surface area contributed by atoms with Crippen LogP contribution in [0.25, 0.3) is 0 Å². The summed E-state index contributed by atoms with van der Waals surface area (Å²) < 4.78 is 0. The minimum Gasteiger partial charge on any atom is -0.371 e. The molecule has 0 atom stereocenters. The van der Waals surface area contributed by atoms with Crippen LogP contribution in [0.2, 0.25) is 5.02 Å². The van der Waals surface area contributed by atoms with Crippen molar-refractivity contribution in [3.8, 4) is 0 Å². The number of nitrogens with zero attached hydrogens (tertiary/aromatic N) is 4. The van der Waals surface area contributed by atoms with Gasteiger partial charge in [-0.2, -0.15) is 0 Å². The molecule has 1 amide bonds. The molecule has 154 valence electrons. The van der Waals surface area contributed by atoms with Crippen molar-refractivity contribution >= 4 is 29.0 Å². The molecule has 0 aliphatic carbocycles. The fraction of sp³-hybridized carbons (Fsp3) is 0.478. The molecule has 2 fully saturated rings. The van der Waals surface area contributed by atoms with E-state index < -0.39 is 0 Å². The van der Waals surface area contributed by atoms with Crippen molar-refractivity contribution in [3.05, 3.63) is 53.2 Å². The van der Waals surface area contributed by atoms with Gasteiger partial charge < -0.3 is 14.7 Å². The van der Waals surface area contributed by atoms with Gasteiger partial charge in [-0.25, -0.2) is 4.98 Å². The highest BCUT2D eigenvalue weighted by molar-refractivity contribution is 6.30. The monoisotopic (exact) mass is 412 g/mol. The van der Waals surface area contributed by atoms with E-state index in [4.69, 9.17) is 11.6 Å². The lowest BCUT2D eigenvalue weighted by Crippen LogP contribution is -2.41. The molecule has 0 spiro atoms. The Bertz CT molecular complexity index is 827. The van der Waals surface area contributed by atoms with Gasteiger partial charge in [0.15, 0.2) is 0 Å². The lowest BCUT2D eigenvalue weighted by atomic mass is 9.95. The number of para-hydroxylation sites is 1. The maximum Gasteiger partial charge on any atom is 0.225 e. The Morgan fingerprint density at radius 3 is 2.48 bits per heavy atom. The number of benzene rings is 1. The minimum atomic E-state index is 0.0856. The standard InChI is InChI=1S/C23H29ClN4O/c1-26(17-19-6-2-3-7-21(19)27-12-4-5-13-27)23(29)18-10-14-28(15-11-18)22-9-8-20(24)16-25-22/h2-3,6-9,16,18H,4-5,10-15,17H2,1H3. The van der Waals surface area contributed by atoms with E-state index in [1.807, 2.05) is 24.1 Å². The van der Waals surface area contributed by atoms with E-state index in [-0.39, 0.29) is 11.8 Å². The number of piperidine rings is 1. The molecule has 0 unspecified atom stereocenters. The first-order valence-corrected chi connectivity index (χ1v) is 10.9. The largest absolute Gasteiger partial charge is 0.371 e. The van der Waals surface area contributed by atoms with E-state index >= 15 is 0 Å². The SMILES string of the molecule is CN(Cc1ccccc1N1CCCC1)C(=O)C1CCN(c2ccc(Cl)cn2)CC1. The zero-order valence-electron chi connectivity index (χ0n) is 17.1. The van der Waals surface area contributed by atoms with Gasteiger partial charge in [-0.15, -0.1) is 0 Å². The van der Waals surface area contributed by atoms with E-state index in [1.54, 1.807) is 6.20 Å². The molecule has 5 nitrogen and oxygen atoms in total. The van der Waals surface area contributed by atoms with Crippen molar-refractivity contribution in [2.45, 2.75) is 32.2 Å². The van der Waals surface area contributed by atoms with Crippen LogP contribution in [0.4, 0.5) is 11.5 Å². The number of rotatable bonds is 5. The number of hydrogen-bond donors (Lipinski definition) is 0. The fourth-order valence-corrected chi connectivity index (χ4v) is 4.58. The van der Waals surface area contributed by atoms with E-state index in [0.29, 0.717) is 11.6 Å². The van der Waals surface area contributed by atoms with Crippen molar-refractivity contribution in [1.29, 1.82) is 0 Å². The van der Waals surface area contributed by atoms with Crippen molar-refractivity contribution in [3.63, 3.8) is 0 Å². The zero-order chi connectivity index (χ0) is 20.2. The van der Waals surface area contributed by atoms with E-state index in [2.05, 4.69) is 39.0 Å². The molecule has 0 saturated carbocycles. The summed E-state index contributed by atoms with van der Waals surface area (Å²) in [6.07, 6.45) is 5.91. The first kappa shape index (κ1) is 20.0. The van der Waals surface area contributed by atoms with Crippen LogP contribution >= 0.6 is 11.6 Å². The summed E-state index contributed by atoms with van der Waals surface area (Å²) in [7, 11) is 1.94. The van der Waals surface area contributed by atoms with E-state index in [1.165, 1.54) is 24.1 Å². The summed E-state index contributed by atoms with van der Waals surface area (Å²) >= 11 is 5.94. The number of pyridine rings is 1. The quantitative estimate of drug-likeness (QED) is 0.737. The van der Waals surface area contributed by atoms with Crippen LogP contribution in [0, 0.1) is 5.92 Å². The molecular weight excluding hydrogens is 384 g/mol.